The maximum Gasteiger partial charge on any atom is 0.229 e. The normalized spacial score (nSPS) is 12.1. The first kappa shape index (κ1) is 21.7. The van der Waals surface area contributed by atoms with Gasteiger partial charge in [-0.15, -0.1) is 0 Å². The fourth-order valence-corrected chi connectivity index (χ4v) is 3.29. The van der Waals surface area contributed by atoms with Crippen LogP contribution in [0.5, 0.6) is 0 Å². The lowest BCUT2D eigenvalue weighted by molar-refractivity contribution is -0.122. The first-order valence-electron chi connectivity index (χ1n) is 8.48. The highest BCUT2D eigenvalue weighted by atomic mass is 35.5. The second-order valence-corrected chi connectivity index (χ2v) is 8.55. The summed E-state index contributed by atoms with van der Waals surface area (Å²) in [5.41, 5.74) is 1.94. The van der Waals surface area contributed by atoms with Crippen LogP contribution in [0, 0.1) is 0 Å². The standard InChI is InChI=1S/C19H22ClN3O4S/c1-13(24)22-18(15-6-8-16(20)9-7-15)11-19(25)21-12-14-4-3-5-17(10-14)23-28(2,26)27/h3-10,18,23H,11-12H2,1-2H3,(H,21,25)(H,22,24). The van der Waals surface area contributed by atoms with Crippen molar-refractivity contribution in [1.29, 1.82) is 0 Å². The maximum absolute atomic E-state index is 12.4. The van der Waals surface area contributed by atoms with Crippen molar-refractivity contribution < 1.29 is 18.0 Å². The molecule has 2 aromatic rings. The number of sulfonamides is 1. The molecule has 0 saturated carbocycles. The van der Waals surface area contributed by atoms with E-state index >= 15 is 0 Å². The van der Waals surface area contributed by atoms with Crippen molar-refractivity contribution in [3.63, 3.8) is 0 Å². The molecule has 1 atom stereocenters. The van der Waals surface area contributed by atoms with Gasteiger partial charge in [0.1, 0.15) is 0 Å². The molecule has 0 radical (unpaired) electrons. The maximum atomic E-state index is 12.4. The van der Waals surface area contributed by atoms with Gasteiger partial charge < -0.3 is 10.6 Å². The first-order chi connectivity index (χ1) is 13.1. The van der Waals surface area contributed by atoms with Crippen molar-refractivity contribution in [2.45, 2.75) is 25.9 Å². The van der Waals surface area contributed by atoms with Gasteiger partial charge >= 0.3 is 0 Å². The van der Waals surface area contributed by atoms with Crippen LogP contribution in [0.4, 0.5) is 5.69 Å². The van der Waals surface area contributed by atoms with Crippen LogP contribution in [0.25, 0.3) is 0 Å². The number of benzene rings is 2. The van der Waals surface area contributed by atoms with Gasteiger partial charge in [0.15, 0.2) is 0 Å². The lowest BCUT2D eigenvalue weighted by atomic mass is 10.0. The molecule has 0 fully saturated rings. The number of carbonyl (C=O) groups excluding carboxylic acids is 2. The molecule has 0 aliphatic rings. The molecule has 2 rings (SSSR count). The number of anilines is 1. The zero-order valence-electron chi connectivity index (χ0n) is 15.5. The fraction of sp³-hybridized carbons (Fsp3) is 0.263. The lowest BCUT2D eigenvalue weighted by Crippen LogP contribution is -2.32. The highest BCUT2D eigenvalue weighted by Crippen LogP contribution is 2.20. The lowest BCUT2D eigenvalue weighted by Gasteiger charge is -2.18. The van der Waals surface area contributed by atoms with E-state index in [1.807, 2.05) is 0 Å². The van der Waals surface area contributed by atoms with Crippen molar-refractivity contribution in [3.05, 3.63) is 64.7 Å². The molecule has 0 heterocycles. The van der Waals surface area contributed by atoms with Gasteiger partial charge in [0.25, 0.3) is 0 Å². The average molecular weight is 424 g/mol. The molecule has 0 bridgehead atoms. The minimum Gasteiger partial charge on any atom is -0.352 e. The number of carbonyl (C=O) groups is 2. The second kappa shape index (κ2) is 9.57. The molecule has 1 unspecified atom stereocenters. The van der Waals surface area contributed by atoms with Gasteiger partial charge in [0.05, 0.1) is 18.7 Å². The first-order valence-corrected chi connectivity index (χ1v) is 10.8. The Kier molecular flexibility index (Phi) is 7.42. The summed E-state index contributed by atoms with van der Waals surface area (Å²) < 4.78 is 25.0. The topological polar surface area (TPSA) is 104 Å². The fourth-order valence-electron chi connectivity index (χ4n) is 2.61. The van der Waals surface area contributed by atoms with E-state index in [1.165, 1.54) is 6.92 Å². The van der Waals surface area contributed by atoms with Crippen LogP contribution in [-0.2, 0) is 26.2 Å². The minimum atomic E-state index is -3.37. The van der Waals surface area contributed by atoms with Crippen LogP contribution in [0.2, 0.25) is 5.02 Å². The molecule has 3 N–H and O–H groups in total. The van der Waals surface area contributed by atoms with E-state index in [0.717, 1.165) is 17.4 Å². The molecule has 0 aromatic heterocycles. The summed E-state index contributed by atoms with van der Waals surface area (Å²) in [5, 5.41) is 6.11. The molecule has 0 aliphatic carbocycles. The summed E-state index contributed by atoms with van der Waals surface area (Å²) in [6.45, 7) is 1.62. The van der Waals surface area contributed by atoms with Crippen molar-refractivity contribution >= 4 is 39.1 Å². The largest absolute Gasteiger partial charge is 0.352 e. The number of hydrogen-bond acceptors (Lipinski definition) is 4. The predicted octanol–water partition coefficient (Wildman–Crippen LogP) is 2.60. The Labute approximate surface area is 169 Å². The summed E-state index contributed by atoms with van der Waals surface area (Å²) >= 11 is 5.89. The van der Waals surface area contributed by atoms with Crippen LogP contribution in [-0.4, -0.2) is 26.5 Å². The van der Waals surface area contributed by atoms with Crippen LogP contribution in [0.1, 0.15) is 30.5 Å². The van der Waals surface area contributed by atoms with E-state index in [0.29, 0.717) is 10.7 Å². The van der Waals surface area contributed by atoms with E-state index in [4.69, 9.17) is 11.6 Å². The zero-order chi connectivity index (χ0) is 20.7. The number of hydrogen-bond donors (Lipinski definition) is 3. The average Bonchev–Trinajstić information content (AvgIpc) is 2.58. The predicted molar refractivity (Wildman–Crippen MR) is 109 cm³/mol. The third-order valence-corrected chi connectivity index (χ3v) is 4.62. The van der Waals surface area contributed by atoms with Gasteiger partial charge in [-0.05, 0) is 35.4 Å². The SMILES string of the molecule is CC(=O)NC(CC(=O)NCc1cccc(NS(C)(=O)=O)c1)c1ccc(Cl)cc1. The van der Waals surface area contributed by atoms with Crippen molar-refractivity contribution in [3.8, 4) is 0 Å². The Hall–Kier alpha value is -2.58. The Morgan fingerprint density at radius 1 is 1.11 bits per heavy atom. The molecule has 9 heteroatoms. The summed E-state index contributed by atoms with van der Waals surface area (Å²) in [5.74, 6) is -0.498. The van der Waals surface area contributed by atoms with Crippen LogP contribution in [0.3, 0.4) is 0 Å². The quantitative estimate of drug-likeness (QED) is 0.606. The number of amides is 2. The van der Waals surface area contributed by atoms with E-state index in [2.05, 4.69) is 15.4 Å². The highest BCUT2D eigenvalue weighted by Gasteiger charge is 2.17. The van der Waals surface area contributed by atoms with E-state index < -0.39 is 16.1 Å². The van der Waals surface area contributed by atoms with Gasteiger partial charge in [-0.3, -0.25) is 14.3 Å². The molecule has 0 aliphatic heterocycles. The van der Waals surface area contributed by atoms with Crippen molar-refractivity contribution in [1.82, 2.24) is 10.6 Å². The molecular formula is C19H22ClN3O4S. The zero-order valence-corrected chi connectivity index (χ0v) is 17.1. The van der Waals surface area contributed by atoms with Gasteiger partial charge in [-0.1, -0.05) is 35.9 Å². The Balaban J connectivity index is 2.00. The molecule has 0 saturated heterocycles. The van der Waals surface area contributed by atoms with Crippen molar-refractivity contribution in [2.24, 2.45) is 0 Å². The van der Waals surface area contributed by atoms with E-state index in [-0.39, 0.29) is 24.8 Å². The van der Waals surface area contributed by atoms with E-state index in [9.17, 15) is 18.0 Å². The molecule has 2 aromatic carbocycles. The highest BCUT2D eigenvalue weighted by molar-refractivity contribution is 7.92. The van der Waals surface area contributed by atoms with Gasteiger partial charge in [-0.2, -0.15) is 0 Å². The molecule has 7 nitrogen and oxygen atoms in total. The van der Waals surface area contributed by atoms with E-state index in [1.54, 1.807) is 48.5 Å². The second-order valence-electron chi connectivity index (χ2n) is 6.36. The number of halogens is 1. The van der Waals surface area contributed by atoms with Crippen LogP contribution < -0.4 is 15.4 Å². The molecule has 28 heavy (non-hydrogen) atoms. The van der Waals surface area contributed by atoms with Crippen LogP contribution in [0.15, 0.2) is 48.5 Å². The Morgan fingerprint density at radius 2 is 1.79 bits per heavy atom. The summed E-state index contributed by atoms with van der Waals surface area (Å²) in [4.78, 5) is 23.8. The molecule has 150 valence electrons. The molecular weight excluding hydrogens is 402 g/mol. The van der Waals surface area contributed by atoms with Gasteiger partial charge in [0, 0.05) is 24.2 Å². The number of nitrogens with one attached hydrogen (secondary N) is 3. The Bertz CT molecular complexity index is 946. The summed E-state index contributed by atoms with van der Waals surface area (Å²) in [6, 6.07) is 13.2. The minimum absolute atomic E-state index is 0.0580. The monoisotopic (exact) mass is 423 g/mol. The molecule has 2 amide bonds. The summed E-state index contributed by atoms with van der Waals surface area (Å²) in [6.07, 6.45) is 1.13. The van der Waals surface area contributed by atoms with Crippen molar-refractivity contribution in [2.75, 3.05) is 11.0 Å². The van der Waals surface area contributed by atoms with Gasteiger partial charge in [0.2, 0.25) is 21.8 Å². The van der Waals surface area contributed by atoms with Gasteiger partial charge in [-0.25, -0.2) is 8.42 Å². The third-order valence-electron chi connectivity index (χ3n) is 3.76. The number of rotatable bonds is 8. The summed E-state index contributed by atoms with van der Waals surface area (Å²) in [7, 11) is -3.37. The third kappa shape index (κ3) is 7.58. The Morgan fingerprint density at radius 3 is 2.39 bits per heavy atom. The molecule has 0 spiro atoms. The van der Waals surface area contributed by atoms with Crippen LogP contribution >= 0.6 is 11.6 Å². The smallest absolute Gasteiger partial charge is 0.229 e.